The minimum Gasteiger partial charge on any atom is -0.481 e. The van der Waals surface area contributed by atoms with E-state index in [0.29, 0.717) is 12.6 Å². The van der Waals surface area contributed by atoms with Crippen LogP contribution in [0.4, 0.5) is 5.69 Å². The van der Waals surface area contributed by atoms with Gasteiger partial charge < -0.3 is 10.0 Å². The van der Waals surface area contributed by atoms with Crippen LogP contribution in [0.1, 0.15) is 51.5 Å². The van der Waals surface area contributed by atoms with Gasteiger partial charge >= 0.3 is 5.97 Å². The molecular weight excluding hydrogens is 250 g/mol. The van der Waals surface area contributed by atoms with Crippen molar-refractivity contribution in [2.75, 3.05) is 11.4 Å². The first-order valence-electron chi connectivity index (χ1n) is 7.64. The molecule has 0 unspecified atom stereocenters. The number of aryl methyl sites for hydroxylation is 1. The molecule has 0 bridgehead atoms. The van der Waals surface area contributed by atoms with Crippen LogP contribution >= 0.6 is 0 Å². The van der Waals surface area contributed by atoms with Gasteiger partial charge in [0, 0.05) is 18.3 Å². The monoisotopic (exact) mass is 277 g/mol. The van der Waals surface area contributed by atoms with Crippen molar-refractivity contribution in [1.82, 2.24) is 0 Å². The van der Waals surface area contributed by atoms with Crippen LogP contribution < -0.4 is 4.90 Å². The van der Waals surface area contributed by atoms with Crippen LogP contribution in [0.3, 0.4) is 0 Å². The van der Waals surface area contributed by atoms with E-state index in [1.807, 2.05) is 12.1 Å². The number of para-hydroxylation sites is 1. The fourth-order valence-electron chi connectivity index (χ4n) is 2.72. The highest BCUT2D eigenvalue weighted by Crippen LogP contribution is 2.26. The SMILES string of the molecule is CCCC(CCC)N(CCC(=O)O)c1ccccc1C. The zero-order valence-corrected chi connectivity index (χ0v) is 12.9. The van der Waals surface area contributed by atoms with Crippen molar-refractivity contribution in [2.24, 2.45) is 0 Å². The maximum absolute atomic E-state index is 10.9. The summed E-state index contributed by atoms with van der Waals surface area (Å²) in [5, 5.41) is 8.99. The van der Waals surface area contributed by atoms with Gasteiger partial charge in [0.25, 0.3) is 0 Å². The zero-order chi connectivity index (χ0) is 15.0. The van der Waals surface area contributed by atoms with Gasteiger partial charge in [-0.05, 0) is 31.4 Å². The maximum Gasteiger partial charge on any atom is 0.305 e. The van der Waals surface area contributed by atoms with Gasteiger partial charge in [0.05, 0.1) is 6.42 Å². The molecule has 0 radical (unpaired) electrons. The van der Waals surface area contributed by atoms with Crippen molar-refractivity contribution in [1.29, 1.82) is 0 Å². The highest BCUT2D eigenvalue weighted by atomic mass is 16.4. The number of hydrogen-bond acceptors (Lipinski definition) is 2. The van der Waals surface area contributed by atoms with E-state index < -0.39 is 5.97 Å². The van der Waals surface area contributed by atoms with Crippen molar-refractivity contribution in [3.05, 3.63) is 29.8 Å². The molecule has 3 heteroatoms. The number of rotatable bonds is 9. The third kappa shape index (κ3) is 4.87. The molecule has 0 atom stereocenters. The van der Waals surface area contributed by atoms with Gasteiger partial charge in [0.15, 0.2) is 0 Å². The number of carboxylic acids is 1. The molecule has 0 amide bonds. The fraction of sp³-hybridized carbons (Fsp3) is 0.588. The summed E-state index contributed by atoms with van der Waals surface area (Å²) < 4.78 is 0. The first-order valence-corrected chi connectivity index (χ1v) is 7.64. The summed E-state index contributed by atoms with van der Waals surface area (Å²) in [6.07, 6.45) is 4.67. The molecule has 3 nitrogen and oxygen atoms in total. The summed E-state index contributed by atoms with van der Waals surface area (Å²) in [5.74, 6) is -0.727. The van der Waals surface area contributed by atoms with Crippen molar-refractivity contribution in [3.63, 3.8) is 0 Å². The lowest BCUT2D eigenvalue weighted by Crippen LogP contribution is -2.37. The van der Waals surface area contributed by atoms with Crippen LogP contribution in [-0.4, -0.2) is 23.7 Å². The molecule has 112 valence electrons. The van der Waals surface area contributed by atoms with Gasteiger partial charge in [-0.2, -0.15) is 0 Å². The van der Waals surface area contributed by atoms with Crippen LogP contribution in [0.25, 0.3) is 0 Å². The molecule has 1 aromatic rings. The zero-order valence-electron chi connectivity index (χ0n) is 12.9. The predicted molar refractivity (Wildman–Crippen MR) is 84.4 cm³/mol. The quantitative estimate of drug-likeness (QED) is 0.733. The van der Waals surface area contributed by atoms with E-state index in [0.717, 1.165) is 25.7 Å². The van der Waals surface area contributed by atoms with Crippen molar-refractivity contribution >= 4 is 11.7 Å². The number of anilines is 1. The van der Waals surface area contributed by atoms with E-state index in [-0.39, 0.29) is 6.42 Å². The predicted octanol–water partition coefficient (Wildman–Crippen LogP) is 4.24. The molecule has 1 aromatic carbocycles. The Kier molecular flexibility index (Phi) is 7.13. The largest absolute Gasteiger partial charge is 0.481 e. The minimum atomic E-state index is -0.727. The van der Waals surface area contributed by atoms with E-state index >= 15 is 0 Å². The van der Waals surface area contributed by atoms with Gasteiger partial charge in [-0.25, -0.2) is 0 Å². The van der Waals surface area contributed by atoms with Crippen LogP contribution in [0.15, 0.2) is 24.3 Å². The highest BCUT2D eigenvalue weighted by Gasteiger charge is 2.19. The summed E-state index contributed by atoms with van der Waals surface area (Å²) in [7, 11) is 0. The third-order valence-electron chi connectivity index (χ3n) is 3.68. The van der Waals surface area contributed by atoms with E-state index in [2.05, 4.69) is 37.8 Å². The Balaban J connectivity index is 2.99. The van der Waals surface area contributed by atoms with Gasteiger partial charge in [-0.1, -0.05) is 44.9 Å². The molecule has 1 rings (SSSR count). The van der Waals surface area contributed by atoms with E-state index in [1.54, 1.807) is 0 Å². The second-order valence-corrected chi connectivity index (χ2v) is 5.35. The molecular formula is C17H27NO2. The number of carboxylic acid groups (broad SMARTS) is 1. The molecule has 0 saturated carbocycles. The standard InChI is InChI=1S/C17H27NO2/c1-4-8-15(9-5-2)18(13-12-17(19)20)16-11-7-6-10-14(16)3/h6-7,10-11,15H,4-5,8-9,12-13H2,1-3H3,(H,19,20). The van der Waals surface area contributed by atoms with E-state index in [1.165, 1.54) is 11.3 Å². The Morgan fingerprint density at radius 2 is 1.80 bits per heavy atom. The Hall–Kier alpha value is -1.51. The second kappa shape index (κ2) is 8.62. The summed E-state index contributed by atoms with van der Waals surface area (Å²) in [6.45, 7) is 7.06. The molecule has 0 fully saturated rings. The Morgan fingerprint density at radius 1 is 1.20 bits per heavy atom. The Labute approximate surface area is 122 Å². The normalized spacial score (nSPS) is 10.8. The van der Waals surface area contributed by atoms with Crippen molar-refractivity contribution < 1.29 is 9.90 Å². The third-order valence-corrected chi connectivity index (χ3v) is 3.68. The minimum absolute atomic E-state index is 0.193. The first-order chi connectivity index (χ1) is 9.60. The molecule has 0 aliphatic heterocycles. The molecule has 0 heterocycles. The fourth-order valence-corrected chi connectivity index (χ4v) is 2.72. The van der Waals surface area contributed by atoms with E-state index in [9.17, 15) is 4.79 Å². The van der Waals surface area contributed by atoms with E-state index in [4.69, 9.17) is 5.11 Å². The molecule has 20 heavy (non-hydrogen) atoms. The summed E-state index contributed by atoms with van der Waals surface area (Å²) >= 11 is 0. The average Bonchev–Trinajstić information content (AvgIpc) is 2.41. The van der Waals surface area contributed by atoms with Gasteiger partial charge in [0.1, 0.15) is 0 Å². The van der Waals surface area contributed by atoms with Gasteiger partial charge in [-0.3, -0.25) is 4.79 Å². The number of carbonyl (C=O) groups is 1. The number of hydrogen-bond donors (Lipinski definition) is 1. The molecule has 0 aliphatic carbocycles. The number of aliphatic carboxylic acids is 1. The maximum atomic E-state index is 10.9. The van der Waals surface area contributed by atoms with Crippen molar-refractivity contribution in [3.8, 4) is 0 Å². The van der Waals surface area contributed by atoms with Crippen LogP contribution in [0.2, 0.25) is 0 Å². The molecule has 0 aliphatic rings. The topological polar surface area (TPSA) is 40.5 Å². The van der Waals surface area contributed by atoms with Crippen LogP contribution in [0.5, 0.6) is 0 Å². The first kappa shape index (κ1) is 16.5. The summed E-state index contributed by atoms with van der Waals surface area (Å²) in [4.78, 5) is 13.2. The van der Waals surface area contributed by atoms with Crippen LogP contribution in [0, 0.1) is 6.92 Å². The average molecular weight is 277 g/mol. The summed E-state index contributed by atoms with van der Waals surface area (Å²) in [6, 6.07) is 8.70. The molecule has 0 aromatic heterocycles. The second-order valence-electron chi connectivity index (χ2n) is 5.35. The lowest BCUT2D eigenvalue weighted by molar-refractivity contribution is -0.136. The molecule has 0 saturated heterocycles. The Morgan fingerprint density at radius 3 is 2.30 bits per heavy atom. The molecule has 1 N–H and O–H groups in total. The Bertz CT molecular complexity index is 411. The lowest BCUT2D eigenvalue weighted by Gasteiger charge is -2.34. The lowest BCUT2D eigenvalue weighted by atomic mass is 10.0. The van der Waals surface area contributed by atoms with Gasteiger partial charge in [0.2, 0.25) is 0 Å². The highest BCUT2D eigenvalue weighted by molar-refractivity contribution is 5.68. The van der Waals surface area contributed by atoms with Crippen LogP contribution in [-0.2, 0) is 4.79 Å². The smallest absolute Gasteiger partial charge is 0.305 e. The van der Waals surface area contributed by atoms with Gasteiger partial charge in [-0.15, -0.1) is 0 Å². The number of nitrogens with zero attached hydrogens (tertiary/aromatic N) is 1. The van der Waals surface area contributed by atoms with Crippen molar-refractivity contribution in [2.45, 2.75) is 58.9 Å². The number of benzene rings is 1. The molecule has 0 spiro atoms. The summed E-state index contributed by atoms with van der Waals surface area (Å²) in [5.41, 5.74) is 2.40.